The summed E-state index contributed by atoms with van der Waals surface area (Å²) in [7, 11) is 0. The minimum Gasteiger partial charge on any atom is -0.335 e. The summed E-state index contributed by atoms with van der Waals surface area (Å²) in [6, 6.07) is -0.183. The van der Waals surface area contributed by atoms with Gasteiger partial charge in [0.25, 0.3) is 0 Å². The molecule has 0 radical (unpaired) electrons. The van der Waals surface area contributed by atoms with Gasteiger partial charge in [0.1, 0.15) is 0 Å². The second kappa shape index (κ2) is 2.19. The van der Waals surface area contributed by atoms with Crippen LogP contribution in [0, 0.1) is 0 Å². The average molecular weight is 222 g/mol. The van der Waals surface area contributed by atoms with E-state index in [1.165, 1.54) is 0 Å². The summed E-state index contributed by atoms with van der Waals surface area (Å²) in [5, 5.41) is 0. The van der Waals surface area contributed by atoms with Gasteiger partial charge >= 0.3 is 0 Å². The van der Waals surface area contributed by atoms with Crippen LogP contribution in [0.2, 0.25) is 0 Å². The van der Waals surface area contributed by atoms with Crippen molar-refractivity contribution in [3.05, 3.63) is 0 Å². The third kappa shape index (κ3) is 1.17. The molecule has 1 unspecified atom stereocenters. The molecule has 2 aliphatic rings. The van der Waals surface area contributed by atoms with E-state index in [1.807, 2.05) is 0 Å². The number of nitrogens with zero attached hydrogens (tertiary/aromatic N) is 1. The standard InChI is InChI=1S/C7H9BrFNO/c8-7(9)4-5(7)10-3-1-2-6(10)11/h5H,1-4H2/t5-,7?/m1/s1. The van der Waals surface area contributed by atoms with Crippen LogP contribution in [0.1, 0.15) is 19.3 Å². The fourth-order valence-corrected chi connectivity index (χ4v) is 2.09. The smallest absolute Gasteiger partial charge is 0.223 e. The topological polar surface area (TPSA) is 20.3 Å². The van der Waals surface area contributed by atoms with Crippen molar-refractivity contribution in [2.75, 3.05) is 6.54 Å². The number of amides is 1. The van der Waals surface area contributed by atoms with Gasteiger partial charge in [-0.2, -0.15) is 0 Å². The van der Waals surface area contributed by atoms with Gasteiger partial charge in [0, 0.05) is 19.4 Å². The molecule has 0 N–H and O–H groups in total. The number of likely N-dealkylation sites (tertiary alicyclic amines) is 1. The molecule has 0 bridgehead atoms. The normalized spacial score (nSPS) is 43.3. The predicted octanol–water partition coefficient (Wildman–Crippen LogP) is 1.44. The zero-order valence-corrected chi connectivity index (χ0v) is 7.60. The molecule has 11 heavy (non-hydrogen) atoms. The van der Waals surface area contributed by atoms with Gasteiger partial charge in [-0.15, -0.1) is 0 Å². The van der Waals surface area contributed by atoms with Crippen molar-refractivity contribution in [2.24, 2.45) is 0 Å². The maximum absolute atomic E-state index is 13.0. The molecule has 2 atom stereocenters. The van der Waals surface area contributed by atoms with E-state index in [1.54, 1.807) is 4.90 Å². The molecule has 1 heterocycles. The fraction of sp³-hybridized carbons (Fsp3) is 0.857. The zero-order valence-electron chi connectivity index (χ0n) is 6.02. The van der Waals surface area contributed by atoms with E-state index < -0.39 is 4.58 Å². The van der Waals surface area contributed by atoms with Gasteiger partial charge in [0.2, 0.25) is 5.91 Å². The number of alkyl halides is 2. The minimum absolute atomic E-state index is 0.106. The highest BCUT2D eigenvalue weighted by molar-refractivity contribution is 9.10. The van der Waals surface area contributed by atoms with Gasteiger partial charge in [0.15, 0.2) is 4.58 Å². The molecule has 4 heteroatoms. The summed E-state index contributed by atoms with van der Waals surface area (Å²) >= 11 is 2.93. The summed E-state index contributed by atoms with van der Waals surface area (Å²) in [6.45, 7) is 0.737. The van der Waals surface area contributed by atoms with E-state index in [-0.39, 0.29) is 11.9 Å². The van der Waals surface area contributed by atoms with E-state index >= 15 is 0 Å². The Morgan fingerprint density at radius 2 is 2.36 bits per heavy atom. The quantitative estimate of drug-likeness (QED) is 0.614. The van der Waals surface area contributed by atoms with E-state index in [2.05, 4.69) is 15.9 Å². The number of carbonyl (C=O) groups excluding carboxylic acids is 1. The summed E-state index contributed by atoms with van der Waals surface area (Å²) in [5.74, 6) is 0.106. The number of carbonyl (C=O) groups is 1. The zero-order chi connectivity index (χ0) is 8.06. The van der Waals surface area contributed by atoms with Crippen LogP contribution in [0.15, 0.2) is 0 Å². The third-order valence-electron chi connectivity index (χ3n) is 2.28. The summed E-state index contributed by atoms with van der Waals surface area (Å²) in [4.78, 5) is 12.7. The molecule has 2 fully saturated rings. The van der Waals surface area contributed by atoms with E-state index in [4.69, 9.17) is 0 Å². The van der Waals surface area contributed by atoms with E-state index in [0.717, 1.165) is 13.0 Å². The lowest BCUT2D eigenvalue weighted by molar-refractivity contribution is -0.128. The van der Waals surface area contributed by atoms with Gasteiger partial charge < -0.3 is 4.90 Å². The Morgan fingerprint density at radius 3 is 2.73 bits per heavy atom. The molecular weight excluding hydrogens is 213 g/mol. The molecule has 0 spiro atoms. The second-order valence-electron chi connectivity index (χ2n) is 3.17. The Morgan fingerprint density at radius 1 is 1.73 bits per heavy atom. The predicted molar refractivity (Wildman–Crippen MR) is 42.1 cm³/mol. The first-order chi connectivity index (χ1) is 5.11. The lowest BCUT2D eigenvalue weighted by Gasteiger charge is -2.14. The van der Waals surface area contributed by atoms with Crippen LogP contribution in [-0.2, 0) is 4.79 Å². The lowest BCUT2D eigenvalue weighted by atomic mass is 10.4. The molecule has 2 nitrogen and oxygen atoms in total. The highest BCUT2D eigenvalue weighted by Crippen LogP contribution is 2.50. The van der Waals surface area contributed by atoms with Gasteiger partial charge in [-0.3, -0.25) is 4.79 Å². The van der Waals surface area contributed by atoms with E-state index in [0.29, 0.717) is 12.8 Å². The third-order valence-corrected chi connectivity index (χ3v) is 3.13. The second-order valence-corrected chi connectivity index (χ2v) is 4.49. The van der Waals surface area contributed by atoms with Crippen molar-refractivity contribution in [3.63, 3.8) is 0 Å². The highest BCUT2D eigenvalue weighted by atomic mass is 79.9. The molecule has 1 aliphatic heterocycles. The van der Waals surface area contributed by atoms with Crippen LogP contribution in [0.4, 0.5) is 4.39 Å². The summed E-state index contributed by atoms with van der Waals surface area (Å²) in [6.07, 6.45) is 1.94. The Labute approximate surface area is 72.9 Å². The molecule has 1 saturated heterocycles. The Hall–Kier alpha value is -0.120. The maximum atomic E-state index is 13.0. The summed E-state index contributed by atoms with van der Waals surface area (Å²) < 4.78 is 11.7. The molecular formula is C7H9BrFNO. The maximum Gasteiger partial charge on any atom is 0.223 e. The number of halogens is 2. The largest absolute Gasteiger partial charge is 0.335 e. The van der Waals surface area contributed by atoms with Crippen molar-refractivity contribution in [3.8, 4) is 0 Å². The van der Waals surface area contributed by atoms with Crippen LogP contribution in [0.25, 0.3) is 0 Å². The first kappa shape index (κ1) is 7.53. The number of hydrogen-bond donors (Lipinski definition) is 0. The Balaban J connectivity index is 2.02. The van der Waals surface area contributed by atoms with Crippen molar-refractivity contribution < 1.29 is 9.18 Å². The van der Waals surface area contributed by atoms with Crippen LogP contribution in [-0.4, -0.2) is 28.0 Å². The molecule has 2 rings (SSSR count). The summed E-state index contributed by atoms with van der Waals surface area (Å²) in [5.41, 5.74) is 0. The SMILES string of the molecule is O=C1CCCN1[C@@H]1CC1(F)Br. The first-order valence-corrected chi connectivity index (χ1v) is 4.58. The Kier molecular flexibility index (Phi) is 1.50. The minimum atomic E-state index is -1.27. The molecule has 0 aromatic rings. The van der Waals surface area contributed by atoms with Gasteiger partial charge in [-0.1, -0.05) is 0 Å². The Bertz CT molecular complexity index is 207. The molecule has 1 aliphatic carbocycles. The molecule has 0 aromatic heterocycles. The van der Waals surface area contributed by atoms with Crippen LogP contribution in [0.3, 0.4) is 0 Å². The van der Waals surface area contributed by atoms with Gasteiger partial charge in [-0.05, 0) is 22.4 Å². The molecule has 1 amide bonds. The van der Waals surface area contributed by atoms with Crippen LogP contribution in [0.5, 0.6) is 0 Å². The van der Waals surface area contributed by atoms with Crippen molar-refractivity contribution in [2.45, 2.75) is 29.9 Å². The molecule has 0 aromatic carbocycles. The van der Waals surface area contributed by atoms with Crippen molar-refractivity contribution in [1.82, 2.24) is 4.90 Å². The molecule has 62 valence electrons. The van der Waals surface area contributed by atoms with Gasteiger partial charge in [0.05, 0.1) is 6.04 Å². The molecule has 1 saturated carbocycles. The van der Waals surface area contributed by atoms with Crippen LogP contribution >= 0.6 is 15.9 Å². The number of rotatable bonds is 1. The van der Waals surface area contributed by atoms with Crippen molar-refractivity contribution in [1.29, 1.82) is 0 Å². The van der Waals surface area contributed by atoms with Crippen LogP contribution < -0.4 is 0 Å². The first-order valence-electron chi connectivity index (χ1n) is 3.78. The highest BCUT2D eigenvalue weighted by Gasteiger charge is 2.58. The average Bonchev–Trinajstić information content (AvgIpc) is 2.38. The van der Waals surface area contributed by atoms with Crippen molar-refractivity contribution >= 4 is 21.8 Å². The monoisotopic (exact) mass is 221 g/mol. The lowest BCUT2D eigenvalue weighted by Crippen LogP contribution is -2.30. The fourth-order valence-electron chi connectivity index (χ4n) is 1.54. The number of hydrogen-bond acceptors (Lipinski definition) is 1. The van der Waals surface area contributed by atoms with E-state index in [9.17, 15) is 9.18 Å². The van der Waals surface area contributed by atoms with Gasteiger partial charge in [-0.25, -0.2) is 4.39 Å².